The van der Waals surface area contributed by atoms with Gasteiger partial charge in [-0.3, -0.25) is 4.79 Å². The molecule has 2 aliphatic rings. The first-order valence-electron chi connectivity index (χ1n) is 7.51. The van der Waals surface area contributed by atoms with E-state index in [1.165, 1.54) is 10.4 Å². The van der Waals surface area contributed by atoms with Crippen molar-refractivity contribution in [3.8, 4) is 0 Å². The number of amides is 1. The van der Waals surface area contributed by atoms with Crippen LogP contribution in [-0.2, 0) is 14.8 Å². The summed E-state index contributed by atoms with van der Waals surface area (Å²) in [6.45, 7) is 2.78. The summed E-state index contributed by atoms with van der Waals surface area (Å²) >= 11 is 18.1. The lowest BCUT2D eigenvalue weighted by molar-refractivity contribution is -0.137. The normalized spacial score (nSPS) is 27.1. The highest BCUT2D eigenvalue weighted by Gasteiger charge is 2.68. The fraction of sp³-hybridized carbons (Fsp3) is 0.533. The molecule has 1 unspecified atom stereocenters. The number of rotatable bonds is 3. The predicted molar refractivity (Wildman–Crippen MR) is 94.0 cm³/mol. The summed E-state index contributed by atoms with van der Waals surface area (Å²) in [5, 5.41) is 0.190. The third kappa shape index (κ3) is 2.92. The zero-order valence-corrected chi connectivity index (χ0v) is 16.1. The Morgan fingerprint density at radius 2 is 1.67 bits per heavy atom. The first-order valence-corrected chi connectivity index (χ1v) is 10.1. The van der Waals surface area contributed by atoms with E-state index in [9.17, 15) is 13.2 Å². The molecule has 1 aliphatic heterocycles. The number of alkyl halides is 2. The summed E-state index contributed by atoms with van der Waals surface area (Å²) in [6, 6.07) is 6.34. The van der Waals surface area contributed by atoms with Crippen molar-refractivity contribution in [2.24, 2.45) is 5.41 Å². The number of nitrogens with zero attached hydrogens (tertiary/aromatic N) is 2. The largest absolute Gasteiger partial charge is 0.339 e. The summed E-state index contributed by atoms with van der Waals surface area (Å²) in [5.74, 6) is -0.123. The second-order valence-electron chi connectivity index (χ2n) is 6.34. The van der Waals surface area contributed by atoms with Gasteiger partial charge in [-0.2, -0.15) is 4.31 Å². The maximum Gasteiger partial charge on any atom is 0.244 e. The van der Waals surface area contributed by atoms with Crippen LogP contribution in [0.4, 0.5) is 0 Å². The van der Waals surface area contributed by atoms with Gasteiger partial charge in [-0.25, -0.2) is 8.42 Å². The van der Waals surface area contributed by atoms with E-state index in [0.29, 0.717) is 19.5 Å². The van der Waals surface area contributed by atoms with E-state index in [-0.39, 0.29) is 28.9 Å². The number of carbonyl (C=O) groups excluding carboxylic acids is 1. The number of halogens is 3. The smallest absolute Gasteiger partial charge is 0.244 e. The van der Waals surface area contributed by atoms with Gasteiger partial charge in [0.25, 0.3) is 0 Å². The maximum absolute atomic E-state index is 12.7. The molecular formula is C15H17Cl3N2O3S. The molecule has 5 nitrogen and oxygen atoms in total. The predicted octanol–water partition coefficient (Wildman–Crippen LogP) is 2.76. The molecule has 1 aromatic carbocycles. The van der Waals surface area contributed by atoms with Gasteiger partial charge >= 0.3 is 0 Å². The Kier molecular flexibility index (Phi) is 4.58. The zero-order valence-electron chi connectivity index (χ0n) is 13.0. The topological polar surface area (TPSA) is 57.7 Å². The third-order valence-electron chi connectivity index (χ3n) is 4.71. The number of hydrogen-bond donors (Lipinski definition) is 0. The summed E-state index contributed by atoms with van der Waals surface area (Å²) in [7, 11) is -3.67. The van der Waals surface area contributed by atoms with Crippen LogP contribution in [0.5, 0.6) is 0 Å². The second kappa shape index (κ2) is 6.02. The number of sulfonamides is 1. The van der Waals surface area contributed by atoms with Crippen LogP contribution in [0.25, 0.3) is 0 Å². The lowest BCUT2D eigenvalue weighted by atomic mass is 10.1. The van der Waals surface area contributed by atoms with E-state index >= 15 is 0 Å². The van der Waals surface area contributed by atoms with Crippen LogP contribution in [-0.4, -0.2) is 54.0 Å². The van der Waals surface area contributed by atoms with Gasteiger partial charge < -0.3 is 4.90 Å². The molecule has 0 bridgehead atoms. The molecule has 3 rings (SSSR count). The molecule has 1 amide bonds. The Hall–Kier alpha value is -0.530. The van der Waals surface area contributed by atoms with Crippen LogP contribution in [0.1, 0.15) is 13.3 Å². The SMILES string of the molecule is CC1(C(=O)N2CCN(S(=O)(=O)c3ccccc3Cl)CC2)CC1(Cl)Cl. The number of benzene rings is 1. The molecule has 0 N–H and O–H groups in total. The van der Waals surface area contributed by atoms with Gasteiger partial charge in [0, 0.05) is 26.2 Å². The Morgan fingerprint density at radius 3 is 2.17 bits per heavy atom. The van der Waals surface area contributed by atoms with Gasteiger partial charge in [-0.05, 0) is 25.5 Å². The van der Waals surface area contributed by atoms with Crippen molar-refractivity contribution in [3.63, 3.8) is 0 Å². The van der Waals surface area contributed by atoms with E-state index in [1.54, 1.807) is 30.0 Å². The Balaban J connectivity index is 1.70. The lowest BCUT2D eigenvalue weighted by Gasteiger charge is -2.35. The van der Waals surface area contributed by atoms with Crippen molar-refractivity contribution >= 4 is 50.7 Å². The van der Waals surface area contributed by atoms with Crippen LogP contribution in [0, 0.1) is 5.41 Å². The van der Waals surface area contributed by atoms with E-state index in [4.69, 9.17) is 34.8 Å². The molecule has 24 heavy (non-hydrogen) atoms. The van der Waals surface area contributed by atoms with E-state index in [2.05, 4.69) is 0 Å². The first-order chi connectivity index (χ1) is 11.1. The third-order valence-corrected chi connectivity index (χ3v) is 8.21. The second-order valence-corrected chi connectivity index (χ2v) is 10.1. The summed E-state index contributed by atoms with van der Waals surface area (Å²) in [5.41, 5.74) is -0.778. The minimum Gasteiger partial charge on any atom is -0.339 e. The van der Waals surface area contributed by atoms with Crippen molar-refractivity contribution in [1.29, 1.82) is 0 Å². The first kappa shape index (κ1) is 18.3. The zero-order chi connectivity index (χ0) is 17.8. The molecule has 1 atom stereocenters. The Labute approximate surface area is 156 Å². The van der Waals surface area contributed by atoms with Gasteiger partial charge in [0.05, 0.1) is 10.4 Å². The highest BCUT2D eigenvalue weighted by Crippen LogP contribution is 2.64. The van der Waals surface area contributed by atoms with Crippen molar-refractivity contribution in [3.05, 3.63) is 29.3 Å². The van der Waals surface area contributed by atoms with E-state index in [1.807, 2.05) is 0 Å². The molecule has 1 heterocycles. The molecule has 0 aromatic heterocycles. The molecule has 0 spiro atoms. The fourth-order valence-corrected chi connectivity index (χ4v) is 5.52. The minimum atomic E-state index is -3.67. The fourth-order valence-electron chi connectivity index (χ4n) is 2.91. The average molecular weight is 412 g/mol. The molecule has 2 fully saturated rings. The van der Waals surface area contributed by atoms with Crippen molar-refractivity contribution in [2.45, 2.75) is 22.6 Å². The van der Waals surface area contributed by atoms with E-state index < -0.39 is 19.8 Å². The monoisotopic (exact) mass is 410 g/mol. The van der Waals surface area contributed by atoms with Gasteiger partial charge in [0.2, 0.25) is 15.9 Å². The van der Waals surface area contributed by atoms with Crippen LogP contribution < -0.4 is 0 Å². The lowest BCUT2D eigenvalue weighted by Crippen LogP contribution is -2.52. The summed E-state index contributed by atoms with van der Waals surface area (Å²) in [4.78, 5) is 14.3. The molecule has 1 saturated heterocycles. The molecule has 1 saturated carbocycles. The van der Waals surface area contributed by atoms with Crippen LogP contribution >= 0.6 is 34.8 Å². The summed E-state index contributed by atoms with van der Waals surface area (Å²) < 4.78 is 25.7. The minimum absolute atomic E-state index is 0.0844. The van der Waals surface area contributed by atoms with Crippen molar-refractivity contribution in [2.75, 3.05) is 26.2 Å². The van der Waals surface area contributed by atoms with Gasteiger partial charge in [-0.15, -0.1) is 23.2 Å². The quantitative estimate of drug-likeness (QED) is 0.719. The molecule has 1 aliphatic carbocycles. The number of piperazine rings is 1. The Bertz CT molecular complexity index is 776. The molecule has 0 radical (unpaired) electrons. The van der Waals surface area contributed by atoms with Crippen molar-refractivity contribution < 1.29 is 13.2 Å². The maximum atomic E-state index is 12.7. The number of hydrogen-bond acceptors (Lipinski definition) is 3. The van der Waals surface area contributed by atoms with Gasteiger partial charge in [-0.1, -0.05) is 23.7 Å². The standard InChI is InChI=1S/C15H17Cl3N2O3S/c1-14(10-15(14,17)18)13(21)19-6-8-20(9-7-19)24(22,23)12-5-3-2-4-11(12)16/h2-5H,6-10H2,1H3. The van der Waals surface area contributed by atoms with Gasteiger partial charge in [0.1, 0.15) is 9.23 Å². The molecule has 1 aromatic rings. The van der Waals surface area contributed by atoms with Crippen LogP contribution in [0.2, 0.25) is 5.02 Å². The Morgan fingerprint density at radius 1 is 1.12 bits per heavy atom. The molecule has 9 heteroatoms. The van der Waals surface area contributed by atoms with Crippen LogP contribution in [0.15, 0.2) is 29.2 Å². The number of carbonyl (C=O) groups is 1. The van der Waals surface area contributed by atoms with Gasteiger partial charge in [0.15, 0.2) is 0 Å². The van der Waals surface area contributed by atoms with Crippen molar-refractivity contribution in [1.82, 2.24) is 9.21 Å². The van der Waals surface area contributed by atoms with E-state index in [0.717, 1.165) is 0 Å². The highest BCUT2D eigenvalue weighted by atomic mass is 35.5. The molecular weight excluding hydrogens is 395 g/mol. The highest BCUT2D eigenvalue weighted by molar-refractivity contribution is 7.89. The summed E-state index contributed by atoms with van der Waals surface area (Å²) in [6.07, 6.45) is 0.417. The van der Waals surface area contributed by atoms with Crippen LogP contribution in [0.3, 0.4) is 0 Å². The molecule has 132 valence electrons. The average Bonchev–Trinajstić information content (AvgIpc) is 3.06.